The summed E-state index contributed by atoms with van der Waals surface area (Å²) in [6.45, 7) is 0.818. The summed E-state index contributed by atoms with van der Waals surface area (Å²) in [6, 6.07) is 14.0. The Kier molecular flexibility index (Phi) is 5.60. The standard InChI is InChI=1S/C17H20BrNO/c1-19(12-6-2-5-11-18)17(20)16-10-9-14-7-3-4-8-15(14)13-16/h3-4,7-10,13H,2,5-6,11-12H2,1H3. The van der Waals surface area contributed by atoms with Crippen molar-refractivity contribution in [3.63, 3.8) is 0 Å². The molecule has 3 heteroatoms. The highest BCUT2D eigenvalue weighted by Crippen LogP contribution is 2.16. The molecule has 2 rings (SSSR count). The van der Waals surface area contributed by atoms with Crippen molar-refractivity contribution in [2.75, 3.05) is 18.9 Å². The molecule has 0 atom stereocenters. The first-order valence-electron chi connectivity index (χ1n) is 7.02. The summed E-state index contributed by atoms with van der Waals surface area (Å²) in [5, 5.41) is 3.32. The molecule has 20 heavy (non-hydrogen) atoms. The van der Waals surface area contributed by atoms with Crippen LogP contribution in [0.5, 0.6) is 0 Å². The number of nitrogens with zero attached hydrogens (tertiary/aromatic N) is 1. The molecule has 0 bridgehead atoms. The van der Waals surface area contributed by atoms with Crippen LogP contribution >= 0.6 is 15.9 Å². The largest absolute Gasteiger partial charge is 0.342 e. The van der Waals surface area contributed by atoms with Crippen molar-refractivity contribution in [2.24, 2.45) is 0 Å². The Morgan fingerprint density at radius 2 is 1.80 bits per heavy atom. The van der Waals surface area contributed by atoms with Gasteiger partial charge in [0.2, 0.25) is 0 Å². The van der Waals surface area contributed by atoms with Gasteiger partial charge >= 0.3 is 0 Å². The van der Waals surface area contributed by atoms with Crippen LogP contribution in [0.1, 0.15) is 29.6 Å². The zero-order valence-electron chi connectivity index (χ0n) is 11.8. The van der Waals surface area contributed by atoms with E-state index in [1.165, 1.54) is 5.39 Å². The predicted molar refractivity (Wildman–Crippen MR) is 88.6 cm³/mol. The van der Waals surface area contributed by atoms with Crippen LogP contribution < -0.4 is 0 Å². The summed E-state index contributed by atoms with van der Waals surface area (Å²) in [4.78, 5) is 14.2. The minimum absolute atomic E-state index is 0.106. The first-order valence-corrected chi connectivity index (χ1v) is 8.15. The van der Waals surface area contributed by atoms with Crippen LogP contribution in [-0.4, -0.2) is 29.7 Å². The molecular formula is C17H20BrNO. The lowest BCUT2D eigenvalue weighted by atomic mass is 10.1. The van der Waals surface area contributed by atoms with Gasteiger partial charge in [0.05, 0.1) is 0 Å². The molecule has 0 fully saturated rings. The number of hydrogen-bond acceptors (Lipinski definition) is 1. The number of rotatable bonds is 6. The molecule has 2 aromatic rings. The zero-order chi connectivity index (χ0) is 14.4. The van der Waals surface area contributed by atoms with Crippen molar-refractivity contribution < 1.29 is 4.79 Å². The van der Waals surface area contributed by atoms with Crippen molar-refractivity contribution >= 4 is 32.6 Å². The van der Waals surface area contributed by atoms with E-state index in [0.29, 0.717) is 0 Å². The first kappa shape index (κ1) is 15.0. The van der Waals surface area contributed by atoms with Gasteiger partial charge in [0.25, 0.3) is 5.91 Å². The van der Waals surface area contributed by atoms with Gasteiger partial charge in [-0.05, 0) is 35.7 Å². The molecule has 0 heterocycles. The van der Waals surface area contributed by atoms with Gasteiger partial charge < -0.3 is 4.90 Å². The minimum atomic E-state index is 0.106. The highest BCUT2D eigenvalue weighted by atomic mass is 79.9. The summed E-state index contributed by atoms with van der Waals surface area (Å²) in [6.07, 6.45) is 3.38. The number of hydrogen-bond donors (Lipinski definition) is 0. The summed E-state index contributed by atoms with van der Waals surface area (Å²) < 4.78 is 0. The molecule has 2 nitrogen and oxygen atoms in total. The van der Waals surface area contributed by atoms with Gasteiger partial charge in [-0.2, -0.15) is 0 Å². The molecule has 1 amide bonds. The third-order valence-corrected chi connectivity index (χ3v) is 4.03. The molecule has 0 N–H and O–H groups in total. The smallest absolute Gasteiger partial charge is 0.253 e. The quantitative estimate of drug-likeness (QED) is 0.563. The molecule has 0 saturated heterocycles. The van der Waals surface area contributed by atoms with E-state index in [1.807, 2.05) is 48.3 Å². The Morgan fingerprint density at radius 1 is 1.05 bits per heavy atom. The van der Waals surface area contributed by atoms with E-state index in [1.54, 1.807) is 0 Å². The molecule has 0 aromatic heterocycles. The lowest BCUT2D eigenvalue weighted by molar-refractivity contribution is 0.0793. The predicted octanol–water partition coefficient (Wildman–Crippen LogP) is 4.48. The maximum Gasteiger partial charge on any atom is 0.253 e. The van der Waals surface area contributed by atoms with E-state index in [2.05, 4.69) is 22.0 Å². The van der Waals surface area contributed by atoms with Crippen LogP contribution in [0.3, 0.4) is 0 Å². The van der Waals surface area contributed by atoms with E-state index >= 15 is 0 Å². The SMILES string of the molecule is CN(CCCCCBr)C(=O)c1ccc2ccccc2c1. The number of amides is 1. The molecule has 0 saturated carbocycles. The normalized spacial score (nSPS) is 10.7. The fourth-order valence-corrected chi connectivity index (χ4v) is 2.66. The molecule has 0 aliphatic carbocycles. The third-order valence-electron chi connectivity index (χ3n) is 3.47. The molecule has 106 valence electrons. The average molecular weight is 334 g/mol. The van der Waals surface area contributed by atoms with Crippen LogP contribution in [0.4, 0.5) is 0 Å². The molecule has 0 spiro atoms. The van der Waals surface area contributed by atoms with Gasteiger partial charge in [-0.1, -0.05) is 52.7 Å². The number of benzene rings is 2. The Bertz CT molecular complexity index is 582. The Balaban J connectivity index is 2.02. The summed E-state index contributed by atoms with van der Waals surface area (Å²) in [7, 11) is 1.88. The number of halogens is 1. The van der Waals surface area contributed by atoms with E-state index < -0.39 is 0 Å². The Labute approximate surface area is 128 Å². The van der Waals surface area contributed by atoms with Crippen molar-refractivity contribution in [1.29, 1.82) is 0 Å². The van der Waals surface area contributed by atoms with Gasteiger partial charge in [-0.25, -0.2) is 0 Å². The topological polar surface area (TPSA) is 20.3 Å². The number of unbranched alkanes of at least 4 members (excludes halogenated alkanes) is 2. The highest BCUT2D eigenvalue weighted by molar-refractivity contribution is 9.09. The fourth-order valence-electron chi connectivity index (χ4n) is 2.26. The maximum atomic E-state index is 12.4. The molecule has 2 aromatic carbocycles. The number of carbonyl (C=O) groups is 1. The lowest BCUT2D eigenvalue weighted by Gasteiger charge is -2.17. The number of carbonyl (C=O) groups excluding carboxylic acids is 1. The summed E-state index contributed by atoms with van der Waals surface area (Å²) in [5.41, 5.74) is 0.770. The Hall–Kier alpha value is -1.35. The molecular weight excluding hydrogens is 314 g/mol. The van der Waals surface area contributed by atoms with Gasteiger partial charge in [0.1, 0.15) is 0 Å². The molecule has 0 radical (unpaired) electrons. The van der Waals surface area contributed by atoms with Crippen LogP contribution in [0.25, 0.3) is 10.8 Å². The van der Waals surface area contributed by atoms with Gasteiger partial charge in [-0.15, -0.1) is 0 Å². The summed E-state index contributed by atoms with van der Waals surface area (Å²) >= 11 is 3.42. The van der Waals surface area contributed by atoms with Crippen LogP contribution in [-0.2, 0) is 0 Å². The first-order chi connectivity index (χ1) is 9.72. The fraction of sp³-hybridized carbons (Fsp3) is 0.353. The molecule has 0 unspecified atom stereocenters. The number of fused-ring (bicyclic) bond motifs is 1. The van der Waals surface area contributed by atoms with Gasteiger partial charge in [0, 0.05) is 24.5 Å². The van der Waals surface area contributed by atoms with Crippen LogP contribution in [0, 0.1) is 0 Å². The van der Waals surface area contributed by atoms with E-state index in [-0.39, 0.29) is 5.91 Å². The Morgan fingerprint density at radius 3 is 2.55 bits per heavy atom. The second-order valence-electron chi connectivity index (χ2n) is 5.04. The van der Waals surface area contributed by atoms with E-state index in [4.69, 9.17) is 0 Å². The second kappa shape index (κ2) is 7.44. The molecule has 0 aliphatic rings. The van der Waals surface area contributed by atoms with Crippen molar-refractivity contribution in [3.05, 3.63) is 48.0 Å². The minimum Gasteiger partial charge on any atom is -0.342 e. The van der Waals surface area contributed by atoms with Crippen molar-refractivity contribution in [2.45, 2.75) is 19.3 Å². The third kappa shape index (κ3) is 3.83. The summed E-state index contributed by atoms with van der Waals surface area (Å²) in [5.74, 6) is 0.106. The highest BCUT2D eigenvalue weighted by Gasteiger charge is 2.11. The van der Waals surface area contributed by atoms with Gasteiger partial charge in [-0.3, -0.25) is 4.79 Å². The number of alkyl halides is 1. The van der Waals surface area contributed by atoms with E-state index in [9.17, 15) is 4.79 Å². The molecule has 0 aliphatic heterocycles. The average Bonchev–Trinajstić information content (AvgIpc) is 2.50. The zero-order valence-corrected chi connectivity index (χ0v) is 13.4. The maximum absolute atomic E-state index is 12.4. The van der Waals surface area contributed by atoms with Crippen molar-refractivity contribution in [3.8, 4) is 0 Å². The lowest BCUT2D eigenvalue weighted by Crippen LogP contribution is -2.27. The van der Waals surface area contributed by atoms with Crippen LogP contribution in [0.15, 0.2) is 42.5 Å². The van der Waals surface area contributed by atoms with Gasteiger partial charge in [0.15, 0.2) is 0 Å². The second-order valence-corrected chi connectivity index (χ2v) is 5.83. The van der Waals surface area contributed by atoms with E-state index in [0.717, 1.165) is 42.1 Å². The monoisotopic (exact) mass is 333 g/mol. The van der Waals surface area contributed by atoms with Crippen LogP contribution in [0.2, 0.25) is 0 Å². The van der Waals surface area contributed by atoms with Crippen molar-refractivity contribution in [1.82, 2.24) is 4.90 Å².